The summed E-state index contributed by atoms with van der Waals surface area (Å²) in [4.78, 5) is 8.78. The van der Waals surface area contributed by atoms with Gasteiger partial charge < -0.3 is 8.97 Å². The van der Waals surface area contributed by atoms with Crippen molar-refractivity contribution in [2.75, 3.05) is 0 Å². The molecule has 0 saturated heterocycles. The van der Waals surface area contributed by atoms with E-state index < -0.39 is 0 Å². The first kappa shape index (κ1) is 17.1. The molecule has 0 aliphatic rings. The van der Waals surface area contributed by atoms with Gasteiger partial charge in [-0.25, -0.2) is 4.98 Å². The Morgan fingerprint density at radius 1 is 1.28 bits per heavy atom. The fraction of sp³-hybridized carbons (Fsp3) is 0.368. The number of aromatic nitrogens is 5. The number of nitrogens with zero attached hydrogens (tertiary/aromatic N) is 6. The van der Waals surface area contributed by atoms with Crippen molar-refractivity contribution in [2.45, 2.75) is 40.0 Å². The number of aliphatic imine (C=N–C) groups is 1. The Bertz CT molecular complexity index is 915. The zero-order valence-corrected chi connectivity index (χ0v) is 15.2. The van der Waals surface area contributed by atoms with Gasteiger partial charge in [0.15, 0.2) is 5.65 Å². The molecule has 0 amide bonds. The molecule has 3 rings (SSSR count). The fourth-order valence-electron chi connectivity index (χ4n) is 2.79. The standard InChI is InChI=1S/C19H24N6/c1-13(2)17(20-5)11-25-10-16(21-15(25)4)9-14(3)18-12-24-8-6-7-19(24)23-22-18/h6-8,10-14H,5,9H2,1-4H3/b17-11-. The maximum Gasteiger partial charge on any atom is 0.159 e. The smallest absolute Gasteiger partial charge is 0.159 e. The van der Waals surface area contributed by atoms with Crippen molar-refractivity contribution in [3.8, 4) is 0 Å². The molecular weight excluding hydrogens is 312 g/mol. The minimum Gasteiger partial charge on any atom is -0.309 e. The van der Waals surface area contributed by atoms with Crippen molar-refractivity contribution in [3.05, 3.63) is 53.6 Å². The lowest BCUT2D eigenvalue weighted by atomic mass is 10.0. The van der Waals surface area contributed by atoms with Crippen molar-refractivity contribution >= 4 is 18.6 Å². The molecule has 130 valence electrons. The van der Waals surface area contributed by atoms with Gasteiger partial charge in [0.2, 0.25) is 0 Å². The summed E-state index contributed by atoms with van der Waals surface area (Å²) in [7, 11) is 0. The van der Waals surface area contributed by atoms with E-state index in [0.29, 0.717) is 5.92 Å². The Kier molecular flexibility index (Phi) is 4.79. The third kappa shape index (κ3) is 3.68. The third-order valence-electron chi connectivity index (χ3n) is 4.33. The summed E-state index contributed by atoms with van der Waals surface area (Å²) >= 11 is 0. The van der Waals surface area contributed by atoms with Gasteiger partial charge in [0.25, 0.3) is 0 Å². The van der Waals surface area contributed by atoms with E-state index in [1.807, 2.05) is 46.6 Å². The molecule has 1 atom stereocenters. The van der Waals surface area contributed by atoms with Crippen LogP contribution in [-0.4, -0.2) is 30.9 Å². The van der Waals surface area contributed by atoms with E-state index in [1.54, 1.807) is 0 Å². The van der Waals surface area contributed by atoms with Gasteiger partial charge in [-0.05, 0) is 38.1 Å². The van der Waals surface area contributed by atoms with Crippen LogP contribution in [0.1, 0.15) is 43.9 Å². The molecule has 3 aromatic rings. The van der Waals surface area contributed by atoms with Gasteiger partial charge in [0, 0.05) is 30.7 Å². The topological polar surface area (TPSA) is 60.4 Å². The lowest BCUT2D eigenvalue weighted by molar-refractivity contribution is 0.691. The highest BCUT2D eigenvalue weighted by Gasteiger charge is 2.13. The highest BCUT2D eigenvalue weighted by Crippen LogP contribution is 2.19. The first-order valence-corrected chi connectivity index (χ1v) is 8.51. The van der Waals surface area contributed by atoms with Crippen molar-refractivity contribution in [1.29, 1.82) is 0 Å². The summed E-state index contributed by atoms with van der Waals surface area (Å²) in [5.74, 6) is 1.49. The normalized spacial score (nSPS) is 13.6. The maximum absolute atomic E-state index is 4.68. The van der Waals surface area contributed by atoms with E-state index in [9.17, 15) is 0 Å². The van der Waals surface area contributed by atoms with E-state index in [4.69, 9.17) is 0 Å². The molecule has 0 bridgehead atoms. The number of imidazole rings is 1. The molecular formula is C19H24N6. The lowest BCUT2D eigenvalue weighted by Gasteiger charge is -2.08. The summed E-state index contributed by atoms with van der Waals surface area (Å²) in [6, 6.07) is 3.91. The number of hydrogen-bond donors (Lipinski definition) is 0. The summed E-state index contributed by atoms with van der Waals surface area (Å²) < 4.78 is 4.02. The molecule has 0 N–H and O–H groups in total. The van der Waals surface area contributed by atoms with Gasteiger partial charge in [-0.3, -0.25) is 4.99 Å². The Balaban J connectivity index is 1.80. The zero-order valence-electron chi connectivity index (χ0n) is 15.2. The predicted octanol–water partition coefficient (Wildman–Crippen LogP) is 3.74. The molecule has 0 aromatic carbocycles. The van der Waals surface area contributed by atoms with E-state index in [-0.39, 0.29) is 5.92 Å². The number of aryl methyl sites for hydroxylation is 1. The summed E-state index contributed by atoms with van der Waals surface area (Å²) in [5, 5.41) is 8.60. The van der Waals surface area contributed by atoms with Crippen LogP contribution in [0.2, 0.25) is 0 Å². The van der Waals surface area contributed by atoms with Gasteiger partial charge in [0.1, 0.15) is 5.82 Å². The Morgan fingerprint density at radius 2 is 2.08 bits per heavy atom. The molecule has 6 nitrogen and oxygen atoms in total. The van der Waals surface area contributed by atoms with Gasteiger partial charge in [-0.1, -0.05) is 20.8 Å². The fourth-order valence-corrected chi connectivity index (χ4v) is 2.79. The van der Waals surface area contributed by atoms with Crippen LogP contribution in [0.15, 0.2) is 41.4 Å². The maximum atomic E-state index is 4.68. The third-order valence-corrected chi connectivity index (χ3v) is 4.33. The van der Waals surface area contributed by atoms with Crippen LogP contribution in [-0.2, 0) is 6.42 Å². The quantitative estimate of drug-likeness (QED) is 0.644. The second-order valence-electron chi connectivity index (χ2n) is 6.69. The molecule has 0 spiro atoms. The molecule has 0 aliphatic carbocycles. The molecule has 25 heavy (non-hydrogen) atoms. The van der Waals surface area contributed by atoms with Crippen LogP contribution >= 0.6 is 0 Å². The molecule has 0 saturated carbocycles. The van der Waals surface area contributed by atoms with E-state index in [2.05, 4.69) is 53.9 Å². The van der Waals surface area contributed by atoms with Gasteiger partial charge >= 0.3 is 0 Å². The SMILES string of the molecule is C=N/C(=C\n1cc(CC(C)c2cn3cccc3nn2)nc1C)C(C)C. The van der Waals surface area contributed by atoms with Crippen molar-refractivity contribution in [2.24, 2.45) is 10.9 Å². The van der Waals surface area contributed by atoms with E-state index in [0.717, 1.165) is 35.0 Å². The molecule has 0 aliphatic heterocycles. The molecule has 3 aromatic heterocycles. The highest BCUT2D eigenvalue weighted by molar-refractivity contribution is 5.40. The van der Waals surface area contributed by atoms with Crippen LogP contribution in [0.3, 0.4) is 0 Å². The summed E-state index contributed by atoms with van der Waals surface area (Å²) in [6.07, 6.45) is 8.89. The largest absolute Gasteiger partial charge is 0.309 e. The van der Waals surface area contributed by atoms with Crippen molar-refractivity contribution in [3.63, 3.8) is 0 Å². The predicted molar refractivity (Wildman–Crippen MR) is 101 cm³/mol. The summed E-state index contributed by atoms with van der Waals surface area (Å²) in [5.41, 5.74) is 3.80. The average Bonchev–Trinajstić information content (AvgIpc) is 3.17. The van der Waals surface area contributed by atoms with Gasteiger partial charge in [0.05, 0.1) is 17.1 Å². The Morgan fingerprint density at radius 3 is 2.80 bits per heavy atom. The Hall–Kier alpha value is -2.76. The molecule has 6 heteroatoms. The van der Waals surface area contributed by atoms with E-state index in [1.165, 1.54) is 0 Å². The summed E-state index contributed by atoms with van der Waals surface area (Å²) in [6.45, 7) is 12.0. The van der Waals surface area contributed by atoms with Crippen molar-refractivity contribution < 1.29 is 0 Å². The van der Waals surface area contributed by atoms with Gasteiger partial charge in [-0.15, -0.1) is 5.10 Å². The molecule has 0 fully saturated rings. The van der Waals surface area contributed by atoms with Crippen LogP contribution in [0, 0.1) is 12.8 Å². The van der Waals surface area contributed by atoms with Crippen LogP contribution in [0.25, 0.3) is 11.8 Å². The minimum absolute atomic E-state index is 0.230. The van der Waals surface area contributed by atoms with Crippen LogP contribution in [0.5, 0.6) is 0 Å². The molecule has 3 heterocycles. The van der Waals surface area contributed by atoms with E-state index >= 15 is 0 Å². The van der Waals surface area contributed by atoms with Crippen LogP contribution < -0.4 is 0 Å². The zero-order chi connectivity index (χ0) is 18.0. The second-order valence-corrected chi connectivity index (χ2v) is 6.69. The lowest BCUT2D eigenvalue weighted by Crippen LogP contribution is -2.05. The first-order chi connectivity index (χ1) is 12.0. The number of hydrogen-bond acceptors (Lipinski definition) is 4. The second kappa shape index (κ2) is 7.01. The number of rotatable bonds is 6. The number of fused-ring (bicyclic) bond motifs is 1. The molecule has 0 radical (unpaired) electrons. The van der Waals surface area contributed by atoms with Crippen molar-refractivity contribution in [1.82, 2.24) is 24.1 Å². The number of allylic oxidation sites excluding steroid dienone is 1. The van der Waals surface area contributed by atoms with Gasteiger partial charge in [-0.2, -0.15) is 5.10 Å². The average molecular weight is 336 g/mol. The van der Waals surface area contributed by atoms with Crippen LogP contribution in [0.4, 0.5) is 0 Å². The minimum atomic E-state index is 0.230. The Labute approximate surface area is 148 Å². The monoisotopic (exact) mass is 336 g/mol. The highest BCUT2D eigenvalue weighted by atomic mass is 15.2. The molecule has 1 unspecified atom stereocenters. The first-order valence-electron chi connectivity index (χ1n) is 8.51.